The average molecular weight is 635 g/mol. The lowest BCUT2D eigenvalue weighted by Crippen LogP contribution is -2.48. The van der Waals surface area contributed by atoms with Gasteiger partial charge in [0.2, 0.25) is 15.9 Å². The molecule has 0 aromatic heterocycles. The second-order valence-corrected chi connectivity index (χ2v) is 12.1. The Morgan fingerprint density at radius 2 is 1.66 bits per heavy atom. The van der Waals surface area contributed by atoms with E-state index in [2.05, 4.69) is 14.9 Å². The number of benzene rings is 3. The Bertz CT molecular complexity index is 1610. The molecule has 3 N–H and O–H groups in total. The molecule has 0 unspecified atom stereocenters. The van der Waals surface area contributed by atoms with Gasteiger partial charge >= 0.3 is 6.18 Å². The van der Waals surface area contributed by atoms with Gasteiger partial charge in [0.15, 0.2) is 0 Å². The van der Waals surface area contributed by atoms with Crippen molar-refractivity contribution in [1.82, 2.24) is 9.80 Å². The molecule has 3 aromatic carbocycles. The molecule has 10 nitrogen and oxygen atoms in total. The summed E-state index contributed by atoms with van der Waals surface area (Å²) in [6.45, 7) is 5.31. The van der Waals surface area contributed by atoms with Crippen LogP contribution in [0.1, 0.15) is 29.3 Å². The van der Waals surface area contributed by atoms with Crippen LogP contribution >= 0.6 is 0 Å². The lowest BCUT2D eigenvalue weighted by molar-refractivity contribution is -0.137. The number of anilines is 2. The zero-order valence-electron chi connectivity index (χ0n) is 24.1. The quantitative estimate of drug-likeness (QED) is 0.169. The topological polar surface area (TPSA) is 128 Å². The van der Waals surface area contributed by atoms with E-state index < -0.39 is 27.7 Å². The first-order valence-electron chi connectivity index (χ1n) is 13.7. The number of sulfonamides is 1. The van der Waals surface area contributed by atoms with Crippen molar-refractivity contribution >= 4 is 33.2 Å². The summed E-state index contributed by atoms with van der Waals surface area (Å²) in [4.78, 5) is 28.7. The Hall–Kier alpha value is -4.30. The molecule has 0 bridgehead atoms. The summed E-state index contributed by atoms with van der Waals surface area (Å²) in [5, 5.41) is 12.6. The number of ether oxygens (including phenoxy) is 1. The van der Waals surface area contributed by atoms with Crippen LogP contribution in [-0.2, 0) is 21.0 Å². The first-order valence-corrected chi connectivity index (χ1v) is 15.6. The summed E-state index contributed by atoms with van der Waals surface area (Å²) in [5.74, 6) is -0.549. The van der Waals surface area contributed by atoms with Crippen LogP contribution in [0.3, 0.4) is 0 Å². The molecule has 0 aliphatic carbocycles. The number of amides is 2. The van der Waals surface area contributed by atoms with Gasteiger partial charge in [-0.1, -0.05) is 12.1 Å². The van der Waals surface area contributed by atoms with Crippen LogP contribution in [0.4, 0.5) is 24.5 Å². The highest BCUT2D eigenvalue weighted by Crippen LogP contribution is 2.35. The van der Waals surface area contributed by atoms with Crippen LogP contribution in [0.5, 0.6) is 11.5 Å². The van der Waals surface area contributed by atoms with E-state index in [0.29, 0.717) is 42.9 Å². The molecular formula is C30H33F3N4O6S. The zero-order valence-corrected chi connectivity index (χ0v) is 25.0. The molecule has 1 fully saturated rings. The Morgan fingerprint density at radius 1 is 0.977 bits per heavy atom. The molecule has 0 atom stereocenters. The third-order valence-electron chi connectivity index (χ3n) is 7.01. The molecule has 14 heteroatoms. The molecule has 2 amide bonds. The number of hydrogen-bond acceptors (Lipinski definition) is 7. The lowest BCUT2D eigenvalue weighted by Gasteiger charge is -2.34. The first-order chi connectivity index (χ1) is 20.7. The molecule has 1 saturated heterocycles. The monoisotopic (exact) mass is 634 g/mol. The molecule has 0 saturated carbocycles. The minimum absolute atomic E-state index is 0.0455. The zero-order chi connectivity index (χ0) is 32.1. The highest BCUT2D eigenvalue weighted by atomic mass is 32.2. The van der Waals surface area contributed by atoms with Gasteiger partial charge in [-0.2, -0.15) is 13.2 Å². The highest BCUT2D eigenvalue weighted by molar-refractivity contribution is 7.92. The maximum Gasteiger partial charge on any atom is 0.416 e. The second kappa shape index (κ2) is 13.6. The van der Waals surface area contributed by atoms with E-state index in [1.54, 1.807) is 17.9 Å². The van der Waals surface area contributed by atoms with Crippen LogP contribution in [0.2, 0.25) is 0 Å². The Balaban J connectivity index is 1.51. The van der Waals surface area contributed by atoms with E-state index in [4.69, 9.17) is 4.74 Å². The number of piperazine rings is 1. The number of phenols is 1. The predicted molar refractivity (Wildman–Crippen MR) is 160 cm³/mol. The number of phenolic OH excluding ortho intramolecular Hbond substituents is 1. The van der Waals surface area contributed by atoms with Crippen LogP contribution < -0.4 is 14.8 Å². The summed E-state index contributed by atoms with van der Waals surface area (Å²) < 4.78 is 70.8. The van der Waals surface area contributed by atoms with E-state index in [-0.39, 0.29) is 35.2 Å². The average Bonchev–Trinajstić information content (AvgIpc) is 2.96. The van der Waals surface area contributed by atoms with E-state index in [9.17, 15) is 36.3 Å². The van der Waals surface area contributed by atoms with Gasteiger partial charge in [0.05, 0.1) is 24.1 Å². The first kappa shape index (κ1) is 32.6. The van der Waals surface area contributed by atoms with Crippen molar-refractivity contribution in [3.63, 3.8) is 0 Å². The number of hydrogen-bond donors (Lipinski definition) is 3. The van der Waals surface area contributed by atoms with Crippen LogP contribution in [0, 0.1) is 0 Å². The number of alkyl halides is 3. The Labute approximate surface area is 253 Å². The van der Waals surface area contributed by atoms with Gasteiger partial charge in [0.1, 0.15) is 11.5 Å². The van der Waals surface area contributed by atoms with Gasteiger partial charge < -0.3 is 20.1 Å². The van der Waals surface area contributed by atoms with Crippen LogP contribution in [-0.4, -0.2) is 80.7 Å². The van der Waals surface area contributed by atoms with Crippen molar-refractivity contribution in [2.75, 3.05) is 55.6 Å². The van der Waals surface area contributed by atoms with Gasteiger partial charge in [0.25, 0.3) is 5.91 Å². The van der Waals surface area contributed by atoms with Gasteiger partial charge in [-0.25, -0.2) is 8.42 Å². The minimum Gasteiger partial charge on any atom is -0.506 e. The normalized spacial score (nSPS) is 14.2. The molecule has 1 aliphatic heterocycles. The van der Waals surface area contributed by atoms with Crippen LogP contribution in [0.15, 0.2) is 60.7 Å². The summed E-state index contributed by atoms with van der Waals surface area (Å²) in [6.07, 6.45) is -2.93. The molecule has 236 valence electrons. The summed E-state index contributed by atoms with van der Waals surface area (Å²) >= 11 is 0. The third kappa shape index (κ3) is 8.86. The van der Waals surface area contributed by atoms with E-state index >= 15 is 0 Å². The number of rotatable bonds is 10. The molecule has 1 heterocycles. The molecular weight excluding hydrogens is 601 g/mol. The molecule has 0 radical (unpaired) electrons. The minimum atomic E-state index is -4.49. The smallest absolute Gasteiger partial charge is 0.416 e. The van der Waals surface area contributed by atoms with Gasteiger partial charge in [0, 0.05) is 56.5 Å². The molecule has 44 heavy (non-hydrogen) atoms. The van der Waals surface area contributed by atoms with Gasteiger partial charge in [-0.05, 0) is 60.5 Å². The van der Waals surface area contributed by atoms with Crippen molar-refractivity contribution in [2.24, 2.45) is 0 Å². The summed E-state index contributed by atoms with van der Waals surface area (Å²) in [6, 6.07) is 13.1. The fraction of sp³-hybridized carbons (Fsp3) is 0.333. The standard InChI is InChI=1S/C30H33F3N4O6S/c1-20(38)37-15-13-36(14-16-37)12-3-17-43-28-18-22(6-10-25(28)21-4-7-23(8-5-21)30(31,32)33)29(40)34-24-9-11-27(39)26(19-24)35-44(2,41)42/h4-11,18-19,35,39H,3,12-17H2,1-2H3,(H,34,40). The lowest BCUT2D eigenvalue weighted by atomic mass is 10.0. The van der Waals surface area contributed by atoms with Crippen molar-refractivity contribution in [1.29, 1.82) is 0 Å². The SMILES string of the molecule is CC(=O)N1CCN(CCCOc2cc(C(=O)Nc3ccc(O)c(NS(C)(=O)=O)c3)ccc2-c2ccc(C(F)(F)F)cc2)CC1. The number of aromatic hydroxyl groups is 1. The van der Waals surface area contributed by atoms with Crippen molar-refractivity contribution in [2.45, 2.75) is 19.5 Å². The number of carbonyl (C=O) groups excluding carboxylic acids is 2. The molecule has 1 aliphatic rings. The van der Waals surface area contributed by atoms with Crippen molar-refractivity contribution < 1.29 is 41.0 Å². The third-order valence-corrected chi connectivity index (χ3v) is 7.60. The summed E-state index contributed by atoms with van der Waals surface area (Å²) in [5.41, 5.74) is 0.447. The number of carbonyl (C=O) groups is 2. The summed E-state index contributed by atoms with van der Waals surface area (Å²) in [7, 11) is -3.69. The Kier molecular flexibility index (Phi) is 10.0. The fourth-order valence-electron chi connectivity index (χ4n) is 4.72. The second-order valence-electron chi connectivity index (χ2n) is 10.4. The van der Waals surface area contributed by atoms with Crippen molar-refractivity contribution in [3.05, 3.63) is 71.8 Å². The molecule has 4 rings (SSSR count). The largest absolute Gasteiger partial charge is 0.506 e. The fourth-order valence-corrected chi connectivity index (χ4v) is 5.28. The van der Waals surface area contributed by atoms with E-state index in [0.717, 1.165) is 31.5 Å². The van der Waals surface area contributed by atoms with Gasteiger partial charge in [-0.15, -0.1) is 0 Å². The Morgan fingerprint density at radius 3 is 2.27 bits per heavy atom. The molecule has 0 spiro atoms. The highest BCUT2D eigenvalue weighted by Gasteiger charge is 2.30. The maximum atomic E-state index is 13.1. The van der Waals surface area contributed by atoms with Crippen molar-refractivity contribution in [3.8, 4) is 22.6 Å². The number of nitrogens with zero attached hydrogens (tertiary/aromatic N) is 2. The number of nitrogens with one attached hydrogen (secondary N) is 2. The van der Waals surface area contributed by atoms with E-state index in [1.807, 2.05) is 0 Å². The number of halogens is 3. The predicted octanol–water partition coefficient (Wildman–Crippen LogP) is 4.63. The van der Waals surface area contributed by atoms with Gasteiger partial charge in [-0.3, -0.25) is 19.2 Å². The molecule has 3 aromatic rings. The van der Waals surface area contributed by atoms with E-state index in [1.165, 1.54) is 42.5 Å². The maximum absolute atomic E-state index is 13.1. The van der Waals surface area contributed by atoms with Crippen LogP contribution in [0.25, 0.3) is 11.1 Å².